The first-order valence-corrected chi connectivity index (χ1v) is 13.8. The van der Waals surface area contributed by atoms with Gasteiger partial charge in [0.25, 0.3) is 0 Å². The number of hydrogen-bond donors (Lipinski definition) is 0. The van der Waals surface area contributed by atoms with Crippen LogP contribution in [0.2, 0.25) is 37.6 Å². The molecule has 3 rings (SSSR count). The maximum absolute atomic E-state index is 2.66. The average molecular weight is 342 g/mol. The highest BCUT2D eigenvalue weighted by Gasteiger charge is 2.38. The monoisotopic (exact) mass is 342 g/mol. The maximum atomic E-state index is 2.66. The van der Waals surface area contributed by atoms with Gasteiger partial charge >= 0.3 is 0 Å². The van der Waals surface area contributed by atoms with Crippen LogP contribution in [-0.2, 0) is 0 Å². The Labute approximate surface area is 148 Å². The van der Waals surface area contributed by atoms with E-state index in [0.29, 0.717) is 0 Å². The van der Waals surface area contributed by atoms with Crippen LogP contribution in [0.15, 0.2) is 45.8 Å². The van der Waals surface area contributed by atoms with Gasteiger partial charge in [-0.1, -0.05) is 112 Å². The number of benzene rings is 1. The molecule has 0 N–H and O–H groups in total. The van der Waals surface area contributed by atoms with E-state index in [-0.39, 0.29) is 0 Å². The fraction of sp³-hybridized carbons (Fsp3) is 0.600. The topological polar surface area (TPSA) is 0 Å². The van der Waals surface area contributed by atoms with Crippen LogP contribution in [0.5, 0.6) is 0 Å². The molecule has 2 fully saturated rings. The first-order chi connectivity index (χ1) is 11.0. The minimum absolute atomic E-state index is 0.986. The molecule has 0 spiro atoms. The summed E-state index contributed by atoms with van der Waals surface area (Å²) in [5.41, 5.74) is 0. The van der Waals surface area contributed by atoms with Gasteiger partial charge in [0.05, 0.1) is 8.07 Å². The predicted octanol–water partition coefficient (Wildman–Crippen LogP) is 7.14. The number of hydrogen-bond acceptors (Lipinski definition) is 1. The molecule has 2 aliphatic heterocycles. The van der Waals surface area contributed by atoms with E-state index in [1.54, 1.807) is 4.53 Å². The van der Waals surface area contributed by atoms with Gasteiger partial charge < -0.3 is 0 Å². The van der Waals surface area contributed by atoms with Crippen molar-refractivity contribution in [2.45, 2.75) is 81.0 Å². The van der Waals surface area contributed by atoms with Crippen LogP contribution < -0.4 is 0 Å². The van der Waals surface area contributed by atoms with Gasteiger partial charge in [-0.25, -0.2) is 0 Å². The fourth-order valence-electron chi connectivity index (χ4n) is 4.56. The summed E-state index contributed by atoms with van der Waals surface area (Å²) in [5, 5.41) is 0. The van der Waals surface area contributed by atoms with Gasteiger partial charge in [-0.15, -0.1) is 0 Å². The third-order valence-corrected chi connectivity index (χ3v) is 10.5. The summed E-state index contributed by atoms with van der Waals surface area (Å²) in [6, 6.07) is 11.0. The Morgan fingerprint density at radius 2 is 1.61 bits per heavy atom. The van der Waals surface area contributed by atoms with Gasteiger partial charge in [0.1, 0.15) is 6.71 Å². The molecule has 2 saturated heterocycles. The molecule has 0 nitrogen and oxygen atoms in total. The van der Waals surface area contributed by atoms with Gasteiger partial charge in [-0.3, -0.25) is 0 Å². The molecule has 23 heavy (non-hydrogen) atoms. The molecule has 0 saturated carbocycles. The summed E-state index contributed by atoms with van der Waals surface area (Å²) in [6.07, 6.45) is 13.0. The van der Waals surface area contributed by atoms with Crippen molar-refractivity contribution in [1.82, 2.24) is 0 Å². The third kappa shape index (κ3) is 4.57. The van der Waals surface area contributed by atoms with E-state index in [0.717, 1.165) is 18.3 Å². The van der Waals surface area contributed by atoms with E-state index >= 15 is 0 Å². The lowest BCUT2D eigenvalue weighted by atomic mass is 9.26. The largest absolute Gasteiger partial charge is 0.150 e. The van der Waals surface area contributed by atoms with Crippen molar-refractivity contribution >= 4 is 26.5 Å². The summed E-state index contributed by atoms with van der Waals surface area (Å²) in [4.78, 5) is 1.41. The summed E-state index contributed by atoms with van der Waals surface area (Å²) in [7, 11) is -1.27. The minimum Gasteiger partial charge on any atom is -0.0995 e. The lowest BCUT2D eigenvalue weighted by molar-refractivity contribution is 0.443. The highest BCUT2D eigenvalue weighted by Crippen LogP contribution is 2.48. The van der Waals surface area contributed by atoms with E-state index in [1.165, 1.54) is 49.7 Å². The Balaban J connectivity index is 1.73. The first kappa shape index (κ1) is 17.4. The van der Waals surface area contributed by atoms with E-state index < -0.39 is 8.07 Å². The number of fused-ring (bicyclic) bond motifs is 2. The molecule has 0 aliphatic carbocycles. The van der Waals surface area contributed by atoms with E-state index in [4.69, 9.17) is 0 Å². The van der Waals surface area contributed by atoms with Crippen molar-refractivity contribution < 1.29 is 0 Å². The zero-order valence-electron chi connectivity index (χ0n) is 15.1. The van der Waals surface area contributed by atoms with E-state index in [2.05, 4.69) is 56.0 Å². The molecule has 0 aromatic heterocycles. The quantitative estimate of drug-likeness (QED) is 0.405. The van der Waals surface area contributed by atoms with Gasteiger partial charge in [-0.2, -0.15) is 0 Å². The molecule has 0 unspecified atom stereocenters. The minimum atomic E-state index is -1.27. The molecule has 2 bridgehead atoms. The van der Waals surface area contributed by atoms with Crippen LogP contribution in [0.4, 0.5) is 0 Å². The predicted molar refractivity (Wildman–Crippen MR) is 109 cm³/mol. The zero-order chi connectivity index (χ0) is 16.3. The van der Waals surface area contributed by atoms with Crippen LogP contribution in [0, 0.1) is 0 Å². The normalized spacial score (nSPS) is 25.5. The van der Waals surface area contributed by atoms with Crippen molar-refractivity contribution in [2.24, 2.45) is 0 Å². The van der Waals surface area contributed by atoms with Gasteiger partial charge in [0.15, 0.2) is 0 Å². The summed E-state index contributed by atoms with van der Waals surface area (Å²) in [6.45, 7) is 8.48. The molecule has 0 atom stereocenters. The standard InChI is InChI=1S/C20H31BSSi/c1-23(2,3)20(22-19-13-5-4-6-14-19)15-16-21-17-9-7-10-18(21)12-8-11-17/h4-6,13-15,17-18H,7-12,16H2,1-3H3/b20-15+. The van der Waals surface area contributed by atoms with Gasteiger partial charge in [0.2, 0.25) is 0 Å². The Bertz CT molecular complexity index is 512. The summed E-state index contributed by atoms with van der Waals surface area (Å²) >= 11 is 2.04. The fourth-order valence-corrected chi connectivity index (χ4v) is 7.59. The van der Waals surface area contributed by atoms with Crippen molar-refractivity contribution in [3.8, 4) is 0 Å². The SMILES string of the molecule is C[Si](C)(C)/C(=C/CB1C2CCCC1CCC2)Sc1ccccc1. The number of rotatable bonds is 5. The molecule has 1 aromatic carbocycles. The Hall–Kier alpha value is -0.408. The van der Waals surface area contributed by atoms with Crippen molar-refractivity contribution in [3.05, 3.63) is 40.9 Å². The first-order valence-electron chi connectivity index (χ1n) is 9.47. The third-order valence-electron chi connectivity index (χ3n) is 5.80. The molecule has 0 radical (unpaired) electrons. The Morgan fingerprint density at radius 3 is 2.13 bits per heavy atom. The van der Waals surface area contributed by atoms with E-state index in [9.17, 15) is 0 Å². The second-order valence-electron chi connectivity index (χ2n) is 8.52. The molecule has 0 amide bonds. The zero-order valence-corrected chi connectivity index (χ0v) is 16.9. The number of thioether (sulfide) groups is 1. The van der Waals surface area contributed by atoms with Crippen LogP contribution in [-0.4, -0.2) is 14.8 Å². The average Bonchev–Trinajstić information content (AvgIpc) is 2.51. The van der Waals surface area contributed by atoms with Crippen molar-refractivity contribution in [1.29, 1.82) is 0 Å². The lowest BCUT2D eigenvalue weighted by Crippen LogP contribution is -2.34. The highest BCUT2D eigenvalue weighted by atomic mass is 32.2. The van der Waals surface area contributed by atoms with Gasteiger partial charge in [0, 0.05) is 4.90 Å². The molecule has 124 valence electrons. The van der Waals surface area contributed by atoms with Crippen LogP contribution in [0.3, 0.4) is 0 Å². The van der Waals surface area contributed by atoms with E-state index in [1.807, 2.05) is 11.8 Å². The lowest BCUT2D eigenvalue weighted by Gasteiger charge is -2.40. The second-order valence-corrected chi connectivity index (χ2v) is 15.0. The Kier molecular flexibility index (Phi) is 5.79. The van der Waals surface area contributed by atoms with Crippen LogP contribution in [0.1, 0.15) is 38.5 Å². The maximum Gasteiger partial charge on any atom is 0.150 e. The molecular formula is C20H31BSSi. The molecule has 2 aliphatic rings. The van der Waals surface area contributed by atoms with Crippen LogP contribution >= 0.6 is 11.8 Å². The summed E-state index contributed by atoms with van der Waals surface area (Å²) < 4.78 is 1.69. The van der Waals surface area contributed by atoms with Crippen LogP contribution in [0.25, 0.3) is 0 Å². The smallest absolute Gasteiger partial charge is 0.0995 e. The molecule has 3 heteroatoms. The summed E-state index contributed by atoms with van der Waals surface area (Å²) in [5.74, 6) is 2.06. The molecular weight excluding hydrogens is 311 g/mol. The molecule has 2 heterocycles. The van der Waals surface area contributed by atoms with Crippen molar-refractivity contribution in [2.75, 3.05) is 0 Å². The second kappa shape index (κ2) is 7.65. The number of allylic oxidation sites excluding steroid dienone is 1. The van der Waals surface area contributed by atoms with Gasteiger partial charge in [-0.05, 0) is 16.7 Å². The highest BCUT2D eigenvalue weighted by molar-refractivity contribution is 8.05. The molecule has 1 aromatic rings. The Morgan fingerprint density at radius 1 is 1.04 bits per heavy atom. The van der Waals surface area contributed by atoms with Crippen molar-refractivity contribution in [3.63, 3.8) is 0 Å².